The first-order chi connectivity index (χ1) is 9.83. The molecule has 2 aromatic heterocycles. The highest BCUT2D eigenvalue weighted by Gasteiger charge is 2.18. The summed E-state index contributed by atoms with van der Waals surface area (Å²) >= 11 is 0. The molecule has 0 unspecified atom stereocenters. The first kappa shape index (κ1) is 11.6. The number of hydrogen-bond donors (Lipinski definition) is 0. The Bertz CT molecular complexity index is 770. The summed E-state index contributed by atoms with van der Waals surface area (Å²) in [7, 11) is 0. The lowest BCUT2D eigenvalue weighted by Crippen LogP contribution is -2.32. The maximum atomic E-state index is 4.83. The van der Waals surface area contributed by atoms with Gasteiger partial charge in [-0.2, -0.15) is 4.52 Å². The third kappa shape index (κ3) is 1.73. The average Bonchev–Trinajstić information content (AvgIpc) is 2.89. The molecule has 0 amide bonds. The number of para-hydroxylation sites is 1. The minimum absolute atomic E-state index is 0.793. The maximum absolute atomic E-state index is 4.83. The second-order valence-electron chi connectivity index (χ2n) is 5.37. The van der Waals surface area contributed by atoms with Gasteiger partial charge in [0, 0.05) is 18.5 Å². The summed E-state index contributed by atoms with van der Waals surface area (Å²) in [6.07, 6.45) is 3.76. The van der Waals surface area contributed by atoms with Gasteiger partial charge < -0.3 is 4.90 Å². The van der Waals surface area contributed by atoms with E-state index in [2.05, 4.69) is 21.0 Å². The van der Waals surface area contributed by atoms with Gasteiger partial charge in [0.15, 0.2) is 5.65 Å². The van der Waals surface area contributed by atoms with Crippen LogP contribution in [-0.2, 0) is 0 Å². The largest absolute Gasteiger partial charge is 0.341 e. The van der Waals surface area contributed by atoms with Crippen molar-refractivity contribution in [2.45, 2.75) is 26.2 Å². The molecule has 20 heavy (non-hydrogen) atoms. The SMILES string of the molecule is Cc1nc2c3ccccc3nc(N3CCCCC3)n2n1. The Morgan fingerprint density at radius 3 is 2.65 bits per heavy atom. The fourth-order valence-electron chi connectivity index (χ4n) is 2.94. The summed E-state index contributed by atoms with van der Waals surface area (Å²) in [5.74, 6) is 1.72. The molecular formula is C15H17N5. The molecule has 0 aliphatic carbocycles. The first-order valence-electron chi connectivity index (χ1n) is 7.20. The van der Waals surface area contributed by atoms with Crippen LogP contribution in [0.2, 0.25) is 0 Å². The van der Waals surface area contributed by atoms with Crippen molar-refractivity contribution in [3.05, 3.63) is 30.1 Å². The lowest BCUT2D eigenvalue weighted by atomic mass is 10.1. The zero-order valence-electron chi connectivity index (χ0n) is 11.6. The van der Waals surface area contributed by atoms with Gasteiger partial charge in [-0.1, -0.05) is 12.1 Å². The highest BCUT2D eigenvalue weighted by atomic mass is 15.4. The van der Waals surface area contributed by atoms with E-state index < -0.39 is 0 Å². The summed E-state index contributed by atoms with van der Waals surface area (Å²) < 4.78 is 1.91. The molecule has 0 radical (unpaired) electrons. The lowest BCUT2D eigenvalue weighted by Gasteiger charge is -2.27. The molecule has 0 atom stereocenters. The van der Waals surface area contributed by atoms with E-state index in [0.717, 1.165) is 41.4 Å². The van der Waals surface area contributed by atoms with Crippen molar-refractivity contribution in [1.29, 1.82) is 0 Å². The van der Waals surface area contributed by atoms with Crippen LogP contribution in [0.25, 0.3) is 16.6 Å². The van der Waals surface area contributed by atoms with Gasteiger partial charge in [-0.05, 0) is 38.3 Å². The van der Waals surface area contributed by atoms with Crippen molar-refractivity contribution in [2.75, 3.05) is 18.0 Å². The van der Waals surface area contributed by atoms with Crippen LogP contribution in [0.15, 0.2) is 24.3 Å². The highest BCUT2D eigenvalue weighted by Crippen LogP contribution is 2.24. The van der Waals surface area contributed by atoms with Crippen LogP contribution >= 0.6 is 0 Å². The number of benzene rings is 1. The predicted octanol–water partition coefficient (Wildman–Crippen LogP) is 2.58. The van der Waals surface area contributed by atoms with Crippen LogP contribution in [-0.4, -0.2) is 32.7 Å². The Morgan fingerprint density at radius 2 is 1.80 bits per heavy atom. The Morgan fingerprint density at radius 1 is 1.00 bits per heavy atom. The normalized spacial score (nSPS) is 16.1. The molecule has 5 heteroatoms. The molecule has 0 spiro atoms. The average molecular weight is 267 g/mol. The molecular weight excluding hydrogens is 250 g/mol. The van der Waals surface area contributed by atoms with Crippen molar-refractivity contribution in [1.82, 2.24) is 19.6 Å². The molecule has 102 valence electrons. The molecule has 0 saturated carbocycles. The van der Waals surface area contributed by atoms with Gasteiger partial charge >= 0.3 is 0 Å². The molecule has 1 saturated heterocycles. The summed E-state index contributed by atoms with van der Waals surface area (Å²) in [6, 6.07) is 8.15. The van der Waals surface area contributed by atoms with Gasteiger partial charge in [-0.15, -0.1) is 5.10 Å². The Labute approximate surface area is 117 Å². The van der Waals surface area contributed by atoms with Crippen LogP contribution in [0.5, 0.6) is 0 Å². The zero-order chi connectivity index (χ0) is 13.5. The van der Waals surface area contributed by atoms with Gasteiger partial charge in [0.25, 0.3) is 0 Å². The van der Waals surface area contributed by atoms with E-state index in [9.17, 15) is 0 Å². The van der Waals surface area contributed by atoms with E-state index in [0.29, 0.717) is 0 Å². The number of hydrogen-bond acceptors (Lipinski definition) is 4. The third-order valence-electron chi connectivity index (χ3n) is 3.91. The number of piperidine rings is 1. The summed E-state index contributed by atoms with van der Waals surface area (Å²) in [5.41, 5.74) is 1.90. The summed E-state index contributed by atoms with van der Waals surface area (Å²) in [4.78, 5) is 11.7. The second-order valence-corrected chi connectivity index (χ2v) is 5.37. The number of anilines is 1. The van der Waals surface area contributed by atoms with Crippen LogP contribution < -0.4 is 4.90 Å². The molecule has 3 heterocycles. The van der Waals surface area contributed by atoms with Crippen molar-refractivity contribution < 1.29 is 0 Å². The molecule has 5 nitrogen and oxygen atoms in total. The van der Waals surface area contributed by atoms with E-state index in [-0.39, 0.29) is 0 Å². The minimum Gasteiger partial charge on any atom is -0.341 e. The van der Waals surface area contributed by atoms with E-state index in [1.54, 1.807) is 0 Å². The van der Waals surface area contributed by atoms with Gasteiger partial charge in [0.05, 0.1) is 5.52 Å². The van der Waals surface area contributed by atoms with E-state index in [1.807, 2.05) is 29.6 Å². The fourth-order valence-corrected chi connectivity index (χ4v) is 2.94. The number of fused-ring (bicyclic) bond motifs is 3. The van der Waals surface area contributed by atoms with Crippen molar-refractivity contribution in [2.24, 2.45) is 0 Å². The second kappa shape index (κ2) is 4.44. The molecule has 4 rings (SSSR count). The maximum Gasteiger partial charge on any atom is 0.229 e. The van der Waals surface area contributed by atoms with Crippen LogP contribution in [0.3, 0.4) is 0 Å². The first-order valence-corrected chi connectivity index (χ1v) is 7.20. The van der Waals surface area contributed by atoms with Gasteiger partial charge in [0.2, 0.25) is 5.95 Å². The molecule has 1 aliphatic rings. The Hall–Kier alpha value is -2.17. The number of aryl methyl sites for hydroxylation is 1. The number of rotatable bonds is 1. The zero-order valence-corrected chi connectivity index (χ0v) is 11.6. The third-order valence-corrected chi connectivity index (χ3v) is 3.91. The summed E-state index contributed by atoms with van der Waals surface area (Å²) in [5, 5.41) is 5.60. The predicted molar refractivity (Wildman–Crippen MR) is 79.1 cm³/mol. The Kier molecular flexibility index (Phi) is 2.58. The molecule has 1 fully saturated rings. The van der Waals surface area contributed by atoms with E-state index in [4.69, 9.17) is 4.98 Å². The summed E-state index contributed by atoms with van der Waals surface area (Å²) in [6.45, 7) is 4.04. The standard InChI is InChI=1S/C15H17N5/c1-11-16-14-12-7-3-4-8-13(12)17-15(20(14)18-11)19-9-5-2-6-10-19/h3-4,7-8H,2,5-6,9-10H2,1H3. The molecule has 3 aromatic rings. The Balaban J connectivity index is 2.01. The van der Waals surface area contributed by atoms with Crippen LogP contribution in [0, 0.1) is 6.92 Å². The fraction of sp³-hybridized carbons (Fsp3) is 0.400. The van der Waals surface area contributed by atoms with Crippen molar-refractivity contribution in [3.63, 3.8) is 0 Å². The van der Waals surface area contributed by atoms with Crippen LogP contribution in [0.1, 0.15) is 25.1 Å². The molecule has 0 N–H and O–H groups in total. The quantitative estimate of drug-likeness (QED) is 0.680. The topological polar surface area (TPSA) is 46.3 Å². The highest BCUT2D eigenvalue weighted by molar-refractivity contribution is 5.92. The van der Waals surface area contributed by atoms with Crippen molar-refractivity contribution in [3.8, 4) is 0 Å². The smallest absolute Gasteiger partial charge is 0.229 e. The minimum atomic E-state index is 0.793. The van der Waals surface area contributed by atoms with Crippen LogP contribution in [0.4, 0.5) is 5.95 Å². The van der Waals surface area contributed by atoms with Gasteiger partial charge in [-0.3, -0.25) is 0 Å². The molecule has 1 aliphatic heterocycles. The monoisotopic (exact) mass is 267 g/mol. The lowest BCUT2D eigenvalue weighted by molar-refractivity contribution is 0.563. The number of aromatic nitrogens is 4. The molecule has 1 aromatic carbocycles. The van der Waals surface area contributed by atoms with Crippen molar-refractivity contribution >= 4 is 22.5 Å². The van der Waals surface area contributed by atoms with E-state index >= 15 is 0 Å². The molecule has 0 bridgehead atoms. The van der Waals surface area contributed by atoms with Gasteiger partial charge in [0.1, 0.15) is 5.82 Å². The number of nitrogens with zero attached hydrogens (tertiary/aromatic N) is 5. The van der Waals surface area contributed by atoms with E-state index in [1.165, 1.54) is 19.3 Å². The van der Waals surface area contributed by atoms with Gasteiger partial charge in [-0.25, -0.2) is 9.97 Å².